The highest BCUT2D eigenvalue weighted by molar-refractivity contribution is 6.31. The van der Waals surface area contributed by atoms with Gasteiger partial charge in [-0.2, -0.15) is 0 Å². The van der Waals surface area contributed by atoms with Crippen LogP contribution in [0.4, 0.5) is 0 Å². The van der Waals surface area contributed by atoms with Gasteiger partial charge in [-0.15, -0.1) is 0 Å². The SMILES string of the molecule is Cc1cc(C)c(CC(O)Cc2ccccc2Cl)c(C)c1. The largest absolute Gasteiger partial charge is 0.392 e. The summed E-state index contributed by atoms with van der Waals surface area (Å²) in [6, 6.07) is 12.0. The van der Waals surface area contributed by atoms with Crippen LogP contribution in [0.2, 0.25) is 5.02 Å². The van der Waals surface area contributed by atoms with E-state index in [4.69, 9.17) is 11.6 Å². The summed E-state index contributed by atoms with van der Waals surface area (Å²) in [6.45, 7) is 6.32. The Morgan fingerprint density at radius 3 is 2.20 bits per heavy atom. The second kappa shape index (κ2) is 6.43. The van der Waals surface area contributed by atoms with Crippen molar-refractivity contribution >= 4 is 11.6 Å². The molecule has 0 aliphatic carbocycles. The van der Waals surface area contributed by atoms with Gasteiger partial charge in [0.25, 0.3) is 0 Å². The number of aliphatic hydroxyl groups is 1. The van der Waals surface area contributed by atoms with Crippen LogP contribution in [-0.4, -0.2) is 11.2 Å². The molecule has 1 N–H and O–H groups in total. The van der Waals surface area contributed by atoms with Gasteiger partial charge in [0.1, 0.15) is 0 Å². The molecule has 0 amide bonds. The lowest BCUT2D eigenvalue weighted by Gasteiger charge is -2.16. The van der Waals surface area contributed by atoms with Crippen molar-refractivity contribution in [3.05, 3.63) is 69.2 Å². The van der Waals surface area contributed by atoms with Crippen LogP contribution in [0, 0.1) is 20.8 Å². The van der Waals surface area contributed by atoms with Crippen LogP contribution in [0.15, 0.2) is 36.4 Å². The van der Waals surface area contributed by atoms with Crippen molar-refractivity contribution in [1.29, 1.82) is 0 Å². The Bertz CT molecular complexity index is 581. The van der Waals surface area contributed by atoms with Gasteiger partial charge in [-0.25, -0.2) is 0 Å². The Morgan fingerprint density at radius 1 is 1.00 bits per heavy atom. The van der Waals surface area contributed by atoms with Gasteiger partial charge in [0.15, 0.2) is 0 Å². The number of hydrogen-bond donors (Lipinski definition) is 1. The zero-order valence-corrected chi connectivity index (χ0v) is 13.0. The Labute approximate surface area is 126 Å². The second-order valence-electron chi connectivity index (χ2n) is 5.53. The number of rotatable bonds is 4. The van der Waals surface area contributed by atoms with Crippen molar-refractivity contribution in [2.45, 2.75) is 39.7 Å². The Kier molecular flexibility index (Phi) is 4.85. The van der Waals surface area contributed by atoms with E-state index in [1.54, 1.807) is 0 Å². The molecule has 0 aliphatic rings. The van der Waals surface area contributed by atoms with Crippen molar-refractivity contribution in [3.63, 3.8) is 0 Å². The molecule has 0 bridgehead atoms. The predicted octanol–water partition coefficient (Wildman–Crippen LogP) is 4.41. The van der Waals surface area contributed by atoms with Crippen molar-refractivity contribution < 1.29 is 5.11 Å². The molecule has 20 heavy (non-hydrogen) atoms. The van der Waals surface area contributed by atoms with E-state index in [1.165, 1.54) is 22.3 Å². The molecule has 1 nitrogen and oxygen atoms in total. The van der Waals surface area contributed by atoms with E-state index in [9.17, 15) is 5.11 Å². The zero-order valence-electron chi connectivity index (χ0n) is 12.3. The number of aliphatic hydroxyl groups excluding tert-OH is 1. The summed E-state index contributed by atoms with van der Waals surface area (Å²) < 4.78 is 0. The molecule has 0 heterocycles. The molecule has 2 heteroatoms. The van der Waals surface area contributed by atoms with Crippen molar-refractivity contribution in [1.82, 2.24) is 0 Å². The lowest BCUT2D eigenvalue weighted by atomic mass is 9.93. The quantitative estimate of drug-likeness (QED) is 0.883. The van der Waals surface area contributed by atoms with E-state index in [0.29, 0.717) is 12.8 Å². The van der Waals surface area contributed by atoms with Gasteiger partial charge < -0.3 is 5.11 Å². The Morgan fingerprint density at radius 2 is 1.60 bits per heavy atom. The molecular formula is C18H21ClO. The van der Waals surface area contributed by atoms with E-state index in [0.717, 1.165) is 10.6 Å². The van der Waals surface area contributed by atoms with E-state index < -0.39 is 6.10 Å². The van der Waals surface area contributed by atoms with Crippen molar-refractivity contribution in [2.24, 2.45) is 0 Å². The highest BCUT2D eigenvalue weighted by atomic mass is 35.5. The monoisotopic (exact) mass is 288 g/mol. The smallest absolute Gasteiger partial charge is 0.0621 e. The fourth-order valence-corrected chi connectivity index (χ4v) is 2.97. The predicted molar refractivity (Wildman–Crippen MR) is 85.5 cm³/mol. The number of hydrogen-bond acceptors (Lipinski definition) is 1. The molecule has 1 unspecified atom stereocenters. The zero-order chi connectivity index (χ0) is 14.7. The fraction of sp³-hybridized carbons (Fsp3) is 0.333. The van der Waals surface area contributed by atoms with Gasteiger partial charge in [0.2, 0.25) is 0 Å². The van der Waals surface area contributed by atoms with E-state index >= 15 is 0 Å². The number of aryl methyl sites for hydroxylation is 3. The lowest BCUT2D eigenvalue weighted by molar-refractivity contribution is 0.175. The minimum absolute atomic E-state index is 0.407. The molecule has 0 aromatic heterocycles. The molecule has 0 spiro atoms. The molecule has 2 aromatic rings. The summed E-state index contributed by atoms with van der Waals surface area (Å²) >= 11 is 6.14. The van der Waals surface area contributed by atoms with E-state index in [1.807, 2.05) is 24.3 Å². The van der Waals surface area contributed by atoms with Crippen molar-refractivity contribution in [2.75, 3.05) is 0 Å². The fourth-order valence-electron chi connectivity index (χ4n) is 2.76. The van der Waals surface area contributed by atoms with Crippen LogP contribution in [-0.2, 0) is 12.8 Å². The van der Waals surface area contributed by atoms with Crippen LogP contribution in [0.5, 0.6) is 0 Å². The van der Waals surface area contributed by atoms with E-state index in [2.05, 4.69) is 32.9 Å². The van der Waals surface area contributed by atoms with Gasteiger partial charge in [0.05, 0.1) is 6.10 Å². The standard InChI is InChI=1S/C18H21ClO/c1-12-8-13(2)17(14(3)9-12)11-16(20)10-15-6-4-5-7-18(15)19/h4-9,16,20H,10-11H2,1-3H3. The molecule has 2 rings (SSSR count). The molecule has 0 radical (unpaired) electrons. The number of benzene rings is 2. The topological polar surface area (TPSA) is 20.2 Å². The van der Waals surface area contributed by atoms with Crippen LogP contribution in [0.25, 0.3) is 0 Å². The minimum atomic E-state index is -0.407. The van der Waals surface area contributed by atoms with Gasteiger partial charge in [-0.3, -0.25) is 0 Å². The molecule has 0 saturated heterocycles. The molecular weight excluding hydrogens is 268 g/mol. The first-order chi connectivity index (χ1) is 9.47. The normalized spacial score (nSPS) is 12.4. The van der Waals surface area contributed by atoms with Crippen LogP contribution in [0.3, 0.4) is 0 Å². The summed E-state index contributed by atoms with van der Waals surface area (Å²) in [4.78, 5) is 0. The molecule has 0 aliphatic heterocycles. The first-order valence-corrected chi connectivity index (χ1v) is 7.33. The molecule has 0 saturated carbocycles. The van der Waals surface area contributed by atoms with Gasteiger partial charge >= 0.3 is 0 Å². The van der Waals surface area contributed by atoms with Gasteiger partial charge in [-0.05, 0) is 55.5 Å². The first-order valence-electron chi connectivity index (χ1n) is 6.95. The van der Waals surface area contributed by atoms with Crippen molar-refractivity contribution in [3.8, 4) is 0 Å². The third-order valence-corrected chi connectivity index (χ3v) is 4.06. The summed E-state index contributed by atoms with van der Waals surface area (Å²) in [6.07, 6.45) is 0.852. The van der Waals surface area contributed by atoms with Crippen LogP contribution < -0.4 is 0 Å². The Hall–Kier alpha value is -1.31. The van der Waals surface area contributed by atoms with Crippen LogP contribution >= 0.6 is 11.6 Å². The first kappa shape index (κ1) is 15.1. The summed E-state index contributed by atoms with van der Waals surface area (Å²) in [5.74, 6) is 0. The molecule has 106 valence electrons. The highest BCUT2D eigenvalue weighted by Gasteiger charge is 2.12. The molecule has 0 fully saturated rings. The maximum Gasteiger partial charge on any atom is 0.0621 e. The van der Waals surface area contributed by atoms with Gasteiger partial charge in [0, 0.05) is 11.4 Å². The minimum Gasteiger partial charge on any atom is -0.392 e. The lowest BCUT2D eigenvalue weighted by Crippen LogP contribution is -2.16. The maximum atomic E-state index is 10.3. The average molecular weight is 289 g/mol. The average Bonchev–Trinajstić information content (AvgIpc) is 2.36. The summed E-state index contributed by atoms with van der Waals surface area (Å²) in [7, 11) is 0. The van der Waals surface area contributed by atoms with Gasteiger partial charge in [-0.1, -0.05) is 47.5 Å². The molecule has 1 atom stereocenters. The summed E-state index contributed by atoms with van der Waals surface area (Å²) in [5.41, 5.74) is 6.02. The third kappa shape index (κ3) is 3.62. The van der Waals surface area contributed by atoms with Crippen LogP contribution in [0.1, 0.15) is 27.8 Å². The highest BCUT2D eigenvalue weighted by Crippen LogP contribution is 2.21. The number of halogens is 1. The second-order valence-corrected chi connectivity index (χ2v) is 5.94. The van der Waals surface area contributed by atoms with E-state index in [-0.39, 0.29) is 0 Å². The third-order valence-electron chi connectivity index (χ3n) is 3.69. The summed E-state index contributed by atoms with van der Waals surface area (Å²) in [5, 5.41) is 11.1. The Balaban J connectivity index is 2.13. The maximum absolute atomic E-state index is 10.3. The molecule has 2 aromatic carbocycles.